The fourth-order valence-corrected chi connectivity index (χ4v) is 3.48. The number of benzene rings is 1. The molecule has 0 saturated carbocycles. The van der Waals surface area contributed by atoms with Crippen molar-refractivity contribution in [3.8, 4) is 0 Å². The van der Waals surface area contributed by atoms with Crippen LogP contribution in [0, 0.1) is 0 Å². The lowest BCUT2D eigenvalue weighted by Gasteiger charge is -2.04. The van der Waals surface area contributed by atoms with E-state index in [2.05, 4.69) is 20.9 Å². The van der Waals surface area contributed by atoms with E-state index in [-0.39, 0.29) is 0 Å². The maximum Gasteiger partial charge on any atom is 0.175 e. The lowest BCUT2D eigenvalue weighted by molar-refractivity contribution is 0.602. The van der Waals surface area contributed by atoms with Gasteiger partial charge in [-0.05, 0) is 46.3 Å². The van der Waals surface area contributed by atoms with E-state index in [0.717, 1.165) is 9.37 Å². The second-order valence-electron chi connectivity index (χ2n) is 3.79. The Morgan fingerprint density at radius 3 is 2.42 bits per heavy atom. The topological polar surface area (TPSA) is 47.0 Å². The van der Waals surface area contributed by atoms with Crippen molar-refractivity contribution in [3.63, 3.8) is 0 Å². The predicted molar refractivity (Wildman–Crippen MR) is 80.6 cm³/mol. The highest BCUT2D eigenvalue weighted by Crippen LogP contribution is 2.33. The summed E-state index contributed by atoms with van der Waals surface area (Å²) < 4.78 is 23.5. The number of aromatic nitrogens is 1. The van der Waals surface area contributed by atoms with E-state index in [4.69, 9.17) is 11.6 Å². The predicted octanol–water partition coefficient (Wildman–Crippen LogP) is 4.05. The van der Waals surface area contributed by atoms with Crippen molar-refractivity contribution in [1.82, 2.24) is 4.98 Å². The number of nitrogens with zero attached hydrogens (tertiary/aromatic N) is 1. The van der Waals surface area contributed by atoms with Crippen molar-refractivity contribution < 1.29 is 8.42 Å². The Bertz CT molecular complexity index is 702. The lowest BCUT2D eigenvalue weighted by atomic mass is 10.4. The van der Waals surface area contributed by atoms with Gasteiger partial charge in [0.15, 0.2) is 9.84 Å². The highest BCUT2D eigenvalue weighted by molar-refractivity contribution is 9.10. The second-order valence-corrected chi connectivity index (χ2v) is 8.19. The van der Waals surface area contributed by atoms with E-state index in [0.29, 0.717) is 14.9 Å². The molecule has 0 radical (unpaired) electrons. The molecular weight excluding hydrogens is 370 g/mol. The Labute approximate surface area is 129 Å². The van der Waals surface area contributed by atoms with Crippen molar-refractivity contribution in [1.29, 1.82) is 0 Å². The molecule has 3 nitrogen and oxygen atoms in total. The molecule has 1 aromatic carbocycles. The van der Waals surface area contributed by atoms with Gasteiger partial charge in [-0.15, -0.1) is 0 Å². The van der Waals surface area contributed by atoms with Gasteiger partial charge in [0.2, 0.25) is 0 Å². The zero-order valence-corrected chi connectivity index (χ0v) is 13.8. The SMILES string of the molecule is CS(=O)(=O)c1ccc(Sc2ncc(Br)cc2Cl)cc1. The first-order valence-electron chi connectivity index (χ1n) is 5.15. The van der Waals surface area contributed by atoms with Crippen LogP contribution >= 0.6 is 39.3 Å². The molecule has 0 aliphatic carbocycles. The molecule has 0 unspecified atom stereocenters. The third-order valence-electron chi connectivity index (χ3n) is 2.24. The Hall–Kier alpha value is -0.560. The minimum atomic E-state index is -3.16. The molecule has 0 bridgehead atoms. The molecule has 19 heavy (non-hydrogen) atoms. The van der Waals surface area contributed by atoms with Gasteiger partial charge in [-0.25, -0.2) is 13.4 Å². The van der Waals surface area contributed by atoms with Gasteiger partial charge in [-0.3, -0.25) is 0 Å². The van der Waals surface area contributed by atoms with Crippen molar-refractivity contribution in [2.75, 3.05) is 6.26 Å². The van der Waals surface area contributed by atoms with Gasteiger partial charge < -0.3 is 0 Å². The molecule has 0 atom stereocenters. The first-order chi connectivity index (χ1) is 8.86. The fourth-order valence-electron chi connectivity index (χ4n) is 1.34. The number of pyridine rings is 1. The van der Waals surface area contributed by atoms with Crippen molar-refractivity contribution in [3.05, 3.63) is 46.0 Å². The van der Waals surface area contributed by atoms with Gasteiger partial charge in [0.1, 0.15) is 5.03 Å². The molecule has 0 aliphatic rings. The number of hydrogen-bond acceptors (Lipinski definition) is 4. The smallest absolute Gasteiger partial charge is 0.175 e. The standard InChI is InChI=1S/C12H9BrClNO2S2/c1-19(16,17)10-4-2-9(3-5-10)18-12-11(14)6-8(13)7-15-12/h2-7H,1H3. The molecule has 0 spiro atoms. The number of rotatable bonds is 3. The third kappa shape index (κ3) is 3.95. The van der Waals surface area contributed by atoms with Gasteiger partial charge in [0.05, 0.1) is 9.92 Å². The van der Waals surface area contributed by atoms with Crippen molar-refractivity contribution in [2.24, 2.45) is 0 Å². The van der Waals surface area contributed by atoms with Crippen LogP contribution in [0.3, 0.4) is 0 Å². The molecule has 0 saturated heterocycles. The van der Waals surface area contributed by atoms with E-state index in [9.17, 15) is 8.42 Å². The average Bonchev–Trinajstić information content (AvgIpc) is 2.32. The normalized spacial score (nSPS) is 11.5. The molecule has 1 heterocycles. The molecular formula is C12H9BrClNO2S2. The van der Waals surface area contributed by atoms with Crippen LogP contribution in [0.4, 0.5) is 0 Å². The molecule has 2 aromatic rings. The van der Waals surface area contributed by atoms with Gasteiger partial charge >= 0.3 is 0 Å². The summed E-state index contributed by atoms with van der Waals surface area (Å²) in [7, 11) is -3.16. The van der Waals surface area contributed by atoms with E-state index < -0.39 is 9.84 Å². The summed E-state index contributed by atoms with van der Waals surface area (Å²) in [5.41, 5.74) is 0. The van der Waals surface area contributed by atoms with Crippen LogP contribution in [-0.2, 0) is 9.84 Å². The summed E-state index contributed by atoms with van der Waals surface area (Å²) in [4.78, 5) is 5.39. The van der Waals surface area contributed by atoms with Crippen LogP contribution in [0.25, 0.3) is 0 Å². The molecule has 0 fully saturated rings. The highest BCUT2D eigenvalue weighted by atomic mass is 79.9. The quantitative estimate of drug-likeness (QED) is 0.808. The first-order valence-corrected chi connectivity index (χ1v) is 9.03. The molecule has 100 valence electrons. The van der Waals surface area contributed by atoms with Crippen molar-refractivity contribution in [2.45, 2.75) is 14.8 Å². The maximum absolute atomic E-state index is 11.3. The molecule has 2 rings (SSSR count). The number of sulfone groups is 1. The second kappa shape index (κ2) is 5.83. The van der Waals surface area contributed by atoms with E-state index >= 15 is 0 Å². The van der Waals surface area contributed by atoms with E-state index in [1.54, 1.807) is 36.5 Å². The summed E-state index contributed by atoms with van der Waals surface area (Å²) in [6.07, 6.45) is 2.85. The summed E-state index contributed by atoms with van der Waals surface area (Å²) >= 11 is 10.7. The highest BCUT2D eigenvalue weighted by Gasteiger charge is 2.08. The van der Waals surface area contributed by atoms with Gasteiger partial charge in [0, 0.05) is 21.8 Å². The molecule has 1 aromatic heterocycles. The summed E-state index contributed by atoms with van der Waals surface area (Å²) in [6.45, 7) is 0. The molecule has 0 aliphatic heterocycles. The van der Waals surface area contributed by atoms with Crippen LogP contribution in [0.5, 0.6) is 0 Å². The zero-order valence-electron chi connectivity index (χ0n) is 9.80. The Balaban J connectivity index is 2.25. The largest absolute Gasteiger partial charge is 0.247 e. The third-order valence-corrected chi connectivity index (χ3v) is 5.23. The fraction of sp³-hybridized carbons (Fsp3) is 0.0833. The van der Waals surface area contributed by atoms with Crippen LogP contribution in [-0.4, -0.2) is 19.7 Å². The Kier molecular flexibility index (Phi) is 4.55. The van der Waals surface area contributed by atoms with Crippen LogP contribution in [0.1, 0.15) is 0 Å². The minimum Gasteiger partial charge on any atom is -0.247 e. The Morgan fingerprint density at radius 2 is 1.89 bits per heavy atom. The summed E-state index contributed by atoms with van der Waals surface area (Å²) in [5.74, 6) is 0. The van der Waals surface area contributed by atoms with Crippen LogP contribution in [0.15, 0.2) is 55.8 Å². The minimum absolute atomic E-state index is 0.298. The molecule has 7 heteroatoms. The molecule has 0 amide bonds. The first kappa shape index (κ1) is 14.8. The Morgan fingerprint density at radius 1 is 1.26 bits per heavy atom. The maximum atomic E-state index is 11.3. The van der Waals surface area contributed by atoms with E-state index in [1.807, 2.05) is 0 Å². The number of halogens is 2. The summed E-state index contributed by atoms with van der Waals surface area (Å²) in [5, 5.41) is 1.23. The lowest BCUT2D eigenvalue weighted by Crippen LogP contribution is -1.96. The monoisotopic (exact) mass is 377 g/mol. The zero-order chi connectivity index (χ0) is 14.0. The summed E-state index contributed by atoms with van der Waals surface area (Å²) in [6, 6.07) is 8.39. The van der Waals surface area contributed by atoms with Gasteiger partial charge in [0.25, 0.3) is 0 Å². The van der Waals surface area contributed by atoms with E-state index in [1.165, 1.54) is 18.0 Å². The average molecular weight is 379 g/mol. The van der Waals surface area contributed by atoms with Crippen LogP contribution < -0.4 is 0 Å². The molecule has 0 N–H and O–H groups in total. The van der Waals surface area contributed by atoms with Crippen LogP contribution in [0.2, 0.25) is 5.02 Å². The van der Waals surface area contributed by atoms with Gasteiger partial charge in [-0.2, -0.15) is 0 Å². The van der Waals surface area contributed by atoms with Crippen molar-refractivity contribution >= 4 is 49.1 Å². The number of hydrogen-bond donors (Lipinski definition) is 0. The van der Waals surface area contributed by atoms with Gasteiger partial charge in [-0.1, -0.05) is 23.4 Å².